The first-order chi connectivity index (χ1) is 10.6. The second-order valence-corrected chi connectivity index (χ2v) is 4.15. The molecule has 2 aromatic rings. The normalized spacial score (nSPS) is 10.3. The number of carbonyl (C=O) groups excluding carboxylic acids is 1. The van der Waals surface area contributed by atoms with Crippen molar-refractivity contribution in [1.82, 2.24) is 0 Å². The molecule has 0 fully saturated rings. The number of rotatable bonds is 5. The Morgan fingerprint density at radius 2 is 2.23 bits per heavy atom. The van der Waals surface area contributed by atoms with Crippen LogP contribution in [0.1, 0.15) is 5.76 Å². The smallest absolute Gasteiger partial charge is 0.331 e. The summed E-state index contributed by atoms with van der Waals surface area (Å²) >= 11 is 0. The summed E-state index contributed by atoms with van der Waals surface area (Å²) in [5, 5.41) is 10.8. The Balaban J connectivity index is 2.13. The number of non-ortho nitro benzene ring substituents is 1. The highest BCUT2D eigenvalue weighted by atomic mass is 16.6. The topological polar surface area (TPSA) is 82.6 Å². The van der Waals surface area contributed by atoms with Crippen molar-refractivity contribution in [1.29, 1.82) is 0 Å². The highest BCUT2D eigenvalue weighted by molar-refractivity contribution is 5.86. The predicted molar refractivity (Wildman–Crippen MR) is 79.6 cm³/mol. The first kappa shape index (κ1) is 15.1. The summed E-state index contributed by atoms with van der Waals surface area (Å²) in [7, 11) is 0. The molecule has 0 radical (unpaired) electrons. The predicted octanol–water partition coefficient (Wildman–Crippen LogP) is 3.04. The van der Waals surface area contributed by atoms with E-state index in [4.69, 9.17) is 10.8 Å². The SMILES string of the molecule is C#CCOC(=O)/C=C/c1ccc(-c2cccc([N+](=O)[O-])c2)o1. The molecule has 110 valence electrons. The Morgan fingerprint density at radius 1 is 1.41 bits per heavy atom. The maximum absolute atomic E-state index is 11.3. The van der Waals surface area contributed by atoms with Crippen LogP contribution in [0.2, 0.25) is 0 Å². The van der Waals surface area contributed by atoms with E-state index in [1.807, 2.05) is 0 Å². The number of nitrogens with zero attached hydrogens (tertiary/aromatic N) is 1. The van der Waals surface area contributed by atoms with Gasteiger partial charge in [-0.2, -0.15) is 0 Å². The molecule has 1 aromatic carbocycles. The summed E-state index contributed by atoms with van der Waals surface area (Å²) in [6.07, 6.45) is 7.59. The lowest BCUT2D eigenvalue weighted by atomic mass is 10.1. The number of carbonyl (C=O) groups is 1. The molecule has 0 amide bonds. The Bertz CT molecular complexity index is 767. The summed E-state index contributed by atoms with van der Waals surface area (Å²) in [6, 6.07) is 9.37. The number of terminal acetylenes is 1. The summed E-state index contributed by atoms with van der Waals surface area (Å²) in [4.78, 5) is 21.5. The van der Waals surface area contributed by atoms with E-state index in [9.17, 15) is 14.9 Å². The molecule has 6 heteroatoms. The lowest BCUT2D eigenvalue weighted by Crippen LogP contribution is -1.99. The molecule has 6 nitrogen and oxygen atoms in total. The Kier molecular flexibility index (Phi) is 4.73. The molecule has 0 aliphatic heterocycles. The summed E-state index contributed by atoms with van der Waals surface area (Å²) < 4.78 is 10.2. The fourth-order valence-electron chi connectivity index (χ4n) is 1.68. The molecule has 0 aliphatic rings. The van der Waals surface area contributed by atoms with Gasteiger partial charge in [0.2, 0.25) is 0 Å². The third-order valence-electron chi connectivity index (χ3n) is 2.65. The van der Waals surface area contributed by atoms with E-state index in [-0.39, 0.29) is 12.3 Å². The van der Waals surface area contributed by atoms with E-state index in [2.05, 4.69) is 10.7 Å². The summed E-state index contributed by atoms with van der Waals surface area (Å²) in [5.41, 5.74) is 0.549. The fourth-order valence-corrected chi connectivity index (χ4v) is 1.68. The average Bonchev–Trinajstić information content (AvgIpc) is 3.00. The molecule has 0 unspecified atom stereocenters. The first-order valence-electron chi connectivity index (χ1n) is 6.23. The lowest BCUT2D eigenvalue weighted by molar-refractivity contribution is -0.384. The van der Waals surface area contributed by atoms with Crippen LogP contribution in [0, 0.1) is 22.5 Å². The molecule has 0 saturated heterocycles. The summed E-state index contributed by atoms with van der Waals surface area (Å²) in [5.74, 6) is 2.48. The minimum absolute atomic E-state index is 0.0242. The van der Waals surface area contributed by atoms with Crippen LogP contribution in [0.15, 0.2) is 46.9 Å². The quantitative estimate of drug-likeness (QED) is 0.278. The highest BCUT2D eigenvalue weighted by Crippen LogP contribution is 2.26. The fraction of sp³-hybridized carbons (Fsp3) is 0.0625. The van der Waals surface area contributed by atoms with Gasteiger partial charge in [0.25, 0.3) is 5.69 Å². The molecule has 22 heavy (non-hydrogen) atoms. The molecule has 0 aliphatic carbocycles. The van der Waals surface area contributed by atoms with Gasteiger partial charge >= 0.3 is 5.97 Å². The molecular weight excluding hydrogens is 286 g/mol. The van der Waals surface area contributed by atoms with Crippen LogP contribution >= 0.6 is 0 Å². The van der Waals surface area contributed by atoms with Crippen molar-refractivity contribution in [3.05, 3.63) is 58.3 Å². The number of nitro benzene ring substituents is 1. The minimum atomic E-state index is -0.578. The van der Waals surface area contributed by atoms with Gasteiger partial charge in [0.1, 0.15) is 11.5 Å². The van der Waals surface area contributed by atoms with E-state index in [0.717, 1.165) is 0 Å². The standard InChI is InChI=1S/C16H11NO5/c1-2-10-21-16(18)9-7-14-6-8-15(22-14)12-4-3-5-13(11-12)17(19)20/h1,3-9,11H,10H2/b9-7+. The van der Waals surface area contributed by atoms with Gasteiger partial charge in [0.05, 0.1) is 4.92 Å². The minimum Gasteiger partial charge on any atom is -0.457 e. The van der Waals surface area contributed by atoms with Crippen molar-refractivity contribution in [3.8, 4) is 23.7 Å². The first-order valence-corrected chi connectivity index (χ1v) is 6.23. The van der Waals surface area contributed by atoms with Crippen molar-refractivity contribution in [2.75, 3.05) is 6.61 Å². The van der Waals surface area contributed by atoms with E-state index in [1.165, 1.54) is 24.3 Å². The molecule has 0 saturated carbocycles. The van der Waals surface area contributed by atoms with Crippen LogP contribution < -0.4 is 0 Å². The van der Waals surface area contributed by atoms with Crippen LogP contribution in [-0.4, -0.2) is 17.5 Å². The van der Waals surface area contributed by atoms with Gasteiger partial charge in [-0.05, 0) is 18.2 Å². The number of furan rings is 1. The number of hydrogen-bond acceptors (Lipinski definition) is 5. The molecule has 0 N–H and O–H groups in total. The van der Waals surface area contributed by atoms with E-state index in [0.29, 0.717) is 17.1 Å². The van der Waals surface area contributed by atoms with Crippen molar-refractivity contribution in [2.24, 2.45) is 0 Å². The van der Waals surface area contributed by atoms with Gasteiger partial charge in [-0.15, -0.1) is 6.42 Å². The van der Waals surface area contributed by atoms with Crippen LogP contribution in [0.4, 0.5) is 5.69 Å². The lowest BCUT2D eigenvalue weighted by Gasteiger charge is -1.97. The van der Waals surface area contributed by atoms with Gasteiger partial charge in [-0.1, -0.05) is 18.1 Å². The van der Waals surface area contributed by atoms with E-state index >= 15 is 0 Å². The number of hydrogen-bond donors (Lipinski definition) is 0. The Morgan fingerprint density at radius 3 is 2.95 bits per heavy atom. The van der Waals surface area contributed by atoms with Crippen molar-refractivity contribution in [3.63, 3.8) is 0 Å². The number of esters is 1. The number of ether oxygens (including phenoxy) is 1. The van der Waals surface area contributed by atoms with Gasteiger partial charge in [-0.25, -0.2) is 4.79 Å². The Hall–Kier alpha value is -3.33. The van der Waals surface area contributed by atoms with Gasteiger partial charge < -0.3 is 9.15 Å². The number of nitro groups is 1. The zero-order valence-electron chi connectivity index (χ0n) is 11.4. The second kappa shape index (κ2) is 6.90. The molecule has 1 aromatic heterocycles. The zero-order valence-corrected chi connectivity index (χ0v) is 11.4. The van der Waals surface area contributed by atoms with Crippen LogP contribution in [0.3, 0.4) is 0 Å². The Labute approximate surface area is 126 Å². The maximum atomic E-state index is 11.3. The van der Waals surface area contributed by atoms with E-state index < -0.39 is 10.9 Å². The average molecular weight is 297 g/mol. The number of benzene rings is 1. The molecular formula is C16H11NO5. The van der Waals surface area contributed by atoms with Crippen LogP contribution in [-0.2, 0) is 9.53 Å². The molecule has 0 bridgehead atoms. The second-order valence-electron chi connectivity index (χ2n) is 4.15. The van der Waals surface area contributed by atoms with Crippen molar-refractivity contribution in [2.45, 2.75) is 0 Å². The molecule has 1 heterocycles. The maximum Gasteiger partial charge on any atom is 0.331 e. The molecule has 2 rings (SSSR count). The summed E-state index contributed by atoms with van der Waals surface area (Å²) in [6.45, 7) is -0.0970. The van der Waals surface area contributed by atoms with Gasteiger partial charge in [-0.3, -0.25) is 10.1 Å². The molecule has 0 spiro atoms. The zero-order chi connectivity index (χ0) is 15.9. The third kappa shape index (κ3) is 3.84. The third-order valence-corrected chi connectivity index (χ3v) is 2.65. The van der Waals surface area contributed by atoms with Crippen LogP contribution in [0.5, 0.6) is 0 Å². The highest BCUT2D eigenvalue weighted by Gasteiger charge is 2.09. The van der Waals surface area contributed by atoms with Crippen molar-refractivity contribution < 1.29 is 18.9 Å². The molecule has 0 atom stereocenters. The van der Waals surface area contributed by atoms with Gasteiger partial charge in [0.15, 0.2) is 6.61 Å². The monoisotopic (exact) mass is 297 g/mol. The van der Waals surface area contributed by atoms with Crippen LogP contribution in [0.25, 0.3) is 17.4 Å². The largest absolute Gasteiger partial charge is 0.457 e. The van der Waals surface area contributed by atoms with Crippen molar-refractivity contribution >= 4 is 17.7 Å². The van der Waals surface area contributed by atoms with E-state index in [1.54, 1.807) is 24.3 Å². The van der Waals surface area contributed by atoms with Gasteiger partial charge in [0, 0.05) is 23.8 Å².